The molecule has 1 aromatic carbocycles. The molecule has 0 spiro atoms. The monoisotopic (exact) mass is 252 g/mol. The zero-order valence-corrected chi connectivity index (χ0v) is 10.7. The standard InChI is InChI=1S/C12H16N2O4/c1-4-18-11(15)8-13(3)12-9(2)6-5-7-10(12)14(16)17/h5-7H,4,8H2,1-3H3. The van der Waals surface area contributed by atoms with Crippen molar-refractivity contribution in [1.29, 1.82) is 0 Å². The number of rotatable bonds is 5. The fourth-order valence-electron chi connectivity index (χ4n) is 1.77. The fraction of sp³-hybridized carbons (Fsp3) is 0.417. The number of ether oxygens (including phenoxy) is 1. The first-order chi connectivity index (χ1) is 8.47. The summed E-state index contributed by atoms with van der Waals surface area (Å²) in [6, 6.07) is 4.81. The van der Waals surface area contributed by atoms with E-state index in [2.05, 4.69) is 0 Å². The summed E-state index contributed by atoms with van der Waals surface area (Å²) in [7, 11) is 1.63. The summed E-state index contributed by atoms with van der Waals surface area (Å²) in [6.07, 6.45) is 0. The van der Waals surface area contributed by atoms with Crippen LogP contribution in [0, 0.1) is 17.0 Å². The number of carbonyl (C=O) groups is 1. The Morgan fingerprint density at radius 3 is 2.72 bits per heavy atom. The summed E-state index contributed by atoms with van der Waals surface area (Å²) in [5.41, 5.74) is 1.17. The van der Waals surface area contributed by atoms with Crippen LogP contribution in [-0.2, 0) is 9.53 Å². The minimum Gasteiger partial charge on any atom is -0.465 e. The van der Waals surface area contributed by atoms with Crippen molar-refractivity contribution in [3.8, 4) is 0 Å². The van der Waals surface area contributed by atoms with Gasteiger partial charge < -0.3 is 9.64 Å². The summed E-state index contributed by atoms with van der Waals surface area (Å²) in [5.74, 6) is -0.405. The van der Waals surface area contributed by atoms with Crippen molar-refractivity contribution in [2.45, 2.75) is 13.8 Å². The minimum absolute atomic E-state index is 0.0122. The summed E-state index contributed by atoms with van der Waals surface area (Å²) in [6.45, 7) is 3.76. The van der Waals surface area contributed by atoms with Crippen LogP contribution in [0.15, 0.2) is 18.2 Å². The van der Waals surface area contributed by atoms with Crippen LogP contribution in [0.25, 0.3) is 0 Å². The maximum atomic E-state index is 11.4. The second kappa shape index (κ2) is 6.00. The Morgan fingerprint density at radius 2 is 2.17 bits per heavy atom. The highest BCUT2D eigenvalue weighted by Gasteiger charge is 2.20. The number of benzene rings is 1. The lowest BCUT2D eigenvalue weighted by Crippen LogP contribution is -2.28. The molecule has 0 radical (unpaired) electrons. The van der Waals surface area contributed by atoms with Gasteiger partial charge in [0.05, 0.1) is 11.5 Å². The number of likely N-dealkylation sites (N-methyl/N-ethyl adjacent to an activating group) is 1. The number of hydrogen-bond acceptors (Lipinski definition) is 5. The van der Waals surface area contributed by atoms with Gasteiger partial charge in [-0.3, -0.25) is 14.9 Å². The molecule has 1 rings (SSSR count). The third kappa shape index (κ3) is 3.19. The van der Waals surface area contributed by atoms with Crippen molar-refractivity contribution in [2.75, 3.05) is 25.1 Å². The van der Waals surface area contributed by atoms with Gasteiger partial charge in [-0.1, -0.05) is 12.1 Å². The number of hydrogen-bond donors (Lipinski definition) is 0. The SMILES string of the molecule is CCOC(=O)CN(C)c1c(C)cccc1[N+](=O)[O-]. The third-order valence-corrected chi connectivity index (χ3v) is 2.47. The van der Waals surface area contributed by atoms with Gasteiger partial charge in [0, 0.05) is 13.1 Å². The molecule has 0 aliphatic rings. The molecule has 0 saturated heterocycles. The Morgan fingerprint density at radius 1 is 1.50 bits per heavy atom. The highest BCUT2D eigenvalue weighted by Crippen LogP contribution is 2.30. The number of esters is 1. The topological polar surface area (TPSA) is 72.7 Å². The van der Waals surface area contributed by atoms with Crippen molar-refractivity contribution in [3.05, 3.63) is 33.9 Å². The number of carbonyl (C=O) groups excluding carboxylic acids is 1. The predicted molar refractivity (Wildman–Crippen MR) is 67.7 cm³/mol. The number of aryl methyl sites for hydroxylation is 1. The maximum absolute atomic E-state index is 11.4. The molecule has 0 aliphatic heterocycles. The van der Waals surface area contributed by atoms with Crippen molar-refractivity contribution in [1.82, 2.24) is 0 Å². The maximum Gasteiger partial charge on any atom is 0.325 e. The molecule has 98 valence electrons. The highest BCUT2D eigenvalue weighted by molar-refractivity contribution is 5.78. The van der Waals surface area contributed by atoms with E-state index in [1.54, 1.807) is 33.0 Å². The molecule has 0 bridgehead atoms. The van der Waals surface area contributed by atoms with E-state index in [9.17, 15) is 14.9 Å². The first kappa shape index (κ1) is 14.0. The molecule has 0 aliphatic carbocycles. The quantitative estimate of drug-likeness (QED) is 0.454. The molecule has 1 aromatic rings. The van der Waals surface area contributed by atoms with Crippen molar-refractivity contribution >= 4 is 17.3 Å². The smallest absolute Gasteiger partial charge is 0.325 e. The summed E-state index contributed by atoms with van der Waals surface area (Å²) >= 11 is 0. The average molecular weight is 252 g/mol. The van der Waals surface area contributed by atoms with Gasteiger partial charge >= 0.3 is 5.97 Å². The largest absolute Gasteiger partial charge is 0.465 e. The van der Waals surface area contributed by atoms with Gasteiger partial charge in [-0.05, 0) is 19.4 Å². The summed E-state index contributed by atoms with van der Waals surface area (Å²) in [5, 5.41) is 11.0. The van der Waals surface area contributed by atoms with Crippen LogP contribution in [0.2, 0.25) is 0 Å². The van der Waals surface area contributed by atoms with Gasteiger partial charge in [-0.15, -0.1) is 0 Å². The minimum atomic E-state index is -0.454. The summed E-state index contributed by atoms with van der Waals surface area (Å²) < 4.78 is 4.82. The van der Waals surface area contributed by atoms with E-state index in [1.807, 2.05) is 0 Å². The van der Waals surface area contributed by atoms with E-state index in [1.165, 1.54) is 11.0 Å². The van der Waals surface area contributed by atoms with Crippen LogP contribution in [0.5, 0.6) is 0 Å². The Labute approximate surface area is 105 Å². The lowest BCUT2D eigenvalue weighted by molar-refractivity contribution is -0.384. The van der Waals surface area contributed by atoms with E-state index < -0.39 is 10.9 Å². The van der Waals surface area contributed by atoms with Gasteiger partial charge in [-0.25, -0.2) is 0 Å². The van der Waals surface area contributed by atoms with Crippen molar-refractivity contribution < 1.29 is 14.5 Å². The molecule has 0 aromatic heterocycles. The lowest BCUT2D eigenvalue weighted by atomic mass is 10.1. The number of nitrogens with zero attached hydrogens (tertiary/aromatic N) is 2. The van der Waals surface area contributed by atoms with E-state index in [-0.39, 0.29) is 12.2 Å². The van der Waals surface area contributed by atoms with E-state index in [0.29, 0.717) is 12.3 Å². The zero-order chi connectivity index (χ0) is 13.7. The molecule has 6 nitrogen and oxygen atoms in total. The molecule has 0 N–H and O–H groups in total. The van der Waals surface area contributed by atoms with Gasteiger partial charge in [0.2, 0.25) is 0 Å². The van der Waals surface area contributed by atoms with Crippen LogP contribution in [0.1, 0.15) is 12.5 Å². The van der Waals surface area contributed by atoms with Crippen LogP contribution >= 0.6 is 0 Å². The predicted octanol–water partition coefficient (Wildman–Crippen LogP) is 1.90. The normalized spacial score (nSPS) is 9.94. The van der Waals surface area contributed by atoms with Crippen LogP contribution < -0.4 is 4.90 Å². The third-order valence-electron chi connectivity index (χ3n) is 2.47. The first-order valence-corrected chi connectivity index (χ1v) is 5.58. The Balaban J connectivity index is 3.00. The van der Waals surface area contributed by atoms with Gasteiger partial charge in [0.1, 0.15) is 12.2 Å². The van der Waals surface area contributed by atoms with Crippen molar-refractivity contribution in [3.63, 3.8) is 0 Å². The highest BCUT2D eigenvalue weighted by atomic mass is 16.6. The van der Waals surface area contributed by atoms with E-state index in [0.717, 1.165) is 5.56 Å². The van der Waals surface area contributed by atoms with Crippen LogP contribution in [0.4, 0.5) is 11.4 Å². The Kier molecular flexibility index (Phi) is 4.65. The molecule has 6 heteroatoms. The average Bonchev–Trinajstić information content (AvgIpc) is 2.28. The molecule has 0 unspecified atom stereocenters. The number of nitro benzene ring substituents is 1. The number of anilines is 1. The Bertz CT molecular complexity index is 459. The second-order valence-corrected chi connectivity index (χ2v) is 3.86. The summed E-state index contributed by atoms with van der Waals surface area (Å²) in [4.78, 5) is 23.4. The molecule has 0 amide bonds. The zero-order valence-electron chi connectivity index (χ0n) is 10.7. The van der Waals surface area contributed by atoms with Crippen molar-refractivity contribution in [2.24, 2.45) is 0 Å². The molecular weight excluding hydrogens is 236 g/mol. The second-order valence-electron chi connectivity index (χ2n) is 3.86. The van der Waals surface area contributed by atoms with Gasteiger partial charge in [-0.2, -0.15) is 0 Å². The molecule has 18 heavy (non-hydrogen) atoms. The molecule has 0 atom stereocenters. The molecule has 0 saturated carbocycles. The van der Waals surface area contributed by atoms with Gasteiger partial charge in [0.25, 0.3) is 5.69 Å². The van der Waals surface area contributed by atoms with E-state index in [4.69, 9.17) is 4.74 Å². The molecule has 0 heterocycles. The fourth-order valence-corrected chi connectivity index (χ4v) is 1.77. The van der Waals surface area contributed by atoms with E-state index >= 15 is 0 Å². The van der Waals surface area contributed by atoms with Gasteiger partial charge in [0.15, 0.2) is 0 Å². The lowest BCUT2D eigenvalue weighted by Gasteiger charge is -2.19. The Hall–Kier alpha value is -2.11. The number of nitro groups is 1. The van der Waals surface area contributed by atoms with Crippen LogP contribution in [-0.4, -0.2) is 31.1 Å². The molecule has 0 fully saturated rings. The molecular formula is C12H16N2O4. The number of para-hydroxylation sites is 1. The van der Waals surface area contributed by atoms with Crippen LogP contribution in [0.3, 0.4) is 0 Å². The first-order valence-electron chi connectivity index (χ1n) is 5.58.